The third-order valence-corrected chi connectivity index (χ3v) is 2.13. The molecule has 0 aliphatic heterocycles. The lowest BCUT2D eigenvalue weighted by molar-refractivity contribution is -0.131. The second-order valence-corrected chi connectivity index (χ2v) is 3.70. The molecule has 0 saturated heterocycles. The first-order chi connectivity index (χ1) is 8.27. The van der Waals surface area contributed by atoms with E-state index in [1.165, 1.54) is 6.08 Å². The third-order valence-electron chi connectivity index (χ3n) is 2.13. The van der Waals surface area contributed by atoms with E-state index in [1.54, 1.807) is 6.08 Å². The average molecular weight is 234 g/mol. The zero-order chi connectivity index (χ0) is 12.8. The van der Waals surface area contributed by atoms with Gasteiger partial charge >= 0.3 is 5.97 Å². The number of aliphatic carboxylic acids is 1. The van der Waals surface area contributed by atoms with Crippen molar-refractivity contribution in [1.29, 1.82) is 0 Å². The third kappa shape index (κ3) is 14.4. The van der Waals surface area contributed by atoms with Crippen LogP contribution in [0.25, 0.3) is 0 Å². The molecule has 0 aromatic heterocycles. The van der Waals surface area contributed by atoms with Crippen molar-refractivity contribution in [3.63, 3.8) is 0 Å². The van der Waals surface area contributed by atoms with Gasteiger partial charge in [0.05, 0.1) is 0 Å². The molecule has 0 aliphatic carbocycles. The van der Waals surface area contributed by atoms with Crippen LogP contribution in [0.5, 0.6) is 0 Å². The molecule has 17 heavy (non-hydrogen) atoms. The van der Waals surface area contributed by atoms with Crippen LogP contribution in [-0.4, -0.2) is 11.1 Å². The van der Waals surface area contributed by atoms with Crippen LogP contribution in [0.4, 0.5) is 0 Å². The largest absolute Gasteiger partial charge is 0.478 e. The fourth-order valence-electron chi connectivity index (χ4n) is 1.25. The van der Waals surface area contributed by atoms with E-state index in [-0.39, 0.29) is 0 Å². The lowest BCUT2D eigenvalue weighted by Crippen LogP contribution is -1.85. The molecule has 2 heteroatoms. The molecule has 0 aromatic rings. The van der Waals surface area contributed by atoms with Crippen LogP contribution in [0.1, 0.15) is 38.5 Å². The molecule has 0 unspecified atom stereocenters. The van der Waals surface area contributed by atoms with Crippen molar-refractivity contribution in [1.82, 2.24) is 0 Å². The highest BCUT2D eigenvalue weighted by Crippen LogP contribution is 1.99. The highest BCUT2D eigenvalue weighted by Gasteiger charge is 1.83. The average Bonchev–Trinajstić information content (AvgIpc) is 2.30. The number of allylic oxidation sites excluding steroid dienone is 6. The van der Waals surface area contributed by atoms with Crippen LogP contribution in [0.2, 0.25) is 0 Å². The minimum Gasteiger partial charge on any atom is -0.478 e. The molecule has 2 nitrogen and oxygen atoms in total. The first-order valence-corrected chi connectivity index (χ1v) is 6.07. The van der Waals surface area contributed by atoms with Crippen LogP contribution in [0.15, 0.2) is 49.1 Å². The van der Waals surface area contributed by atoms with E-state index in [4.69, 9.17) is 5.11 Å². The molecule has 94 valence electrons. The Morgan fingerprint density at radius 3 is 1.65 bits per heavy atom. The summed E-state index contributed by atoms with van der Waals surface area (Å²) in [6.07, 6.45) is 19.4. The van der Waals surface area contributed by atoms with Crippen molar-refractivity contribution in [2.24, 2.45) is 0 Å². The summed E-state index contributed by atoms with van der Waals surface area (Å²) in [7, 11) is 0. The van der Waals surface area contributed by atoms with Gasteiger partial charge in [-0.05, 0) is 38.5 Å². The number of carbonyl (C=O) groups is 1. The maximum Gasteiger partial charge on any atom is 0.327 e. The Bertz CT molecular complexity index is 285. The van der Waals surface area contributed by atoms with E-state index in [0.717, 1.165) is 38.5 Å². The highest BCUT2D eigenvalue weighted by molar-refractivity contribution is 5.79. The van der Waals surface area contributed by atoms with E-state index in [9.17, 15) is 4.79 Å². The van der Waals surface area contributed by atoms with Gasteiger partial charge in [0.25, 0.3) is 0 Å². The molecule has 0 aromatic carbocycles. The highest BCUT2D eigenvalue weighted by atomic mass is 16.4. The minimum absolute atomic E-state index is 0.790. The van der Waals surface area contributed by atoms with Crippen molar-refractivity contribution in [2.75, 3.05) is 0 Å². The van der Waals surface area contributed by atoms with Gasteiger partial charge in [-0.2, -0.15) is 0 Å². The summed E-state index contributed by atoms with van der Waals surface area (Å²) in [6.45, 7) is 3.67. The molecule has 1 N–H and O–H groups in total. The smallest absolute Gasteiger partial charge is 0.327 e. The van der Waals surface area contributed by atoms with Gasteiger partial charge in [-0.25, -0.2) is 4.79 Å². The van der Waals surface area contributed by atoms with E-state index in [2.05, 4.69) is 30.9 Å². The molecular weight excluding hydrogens is 212 g/mol. The van der Waals surface area contributed by atoms with Crippen molar-refractivity contribution < 1.29 is 9.90 Å². The van der Waals surface area contributed by atoms with Gasteiger partial charge in [0.15, 0.2) is 0 Å². The maximum absolute atomic E-state index is 10.2. The second kappa shape index (κ2) is 12.5. The summed E-state index contributed by atoms with van der Waals surface area (Å²) in [6, 6.07) is 0. The van der Waals surface area contributed by atoms with Crippen LogP contribution in [0, 0.1) is 0 Å². The number of carboxylic acid groups (broad SMARTS) is 1. The molecule has 0 heterocycles. The van der Waals surface area contributed by atoms with Crippen LogP contribution >= 0.6 is 0 Å². The first kappa shape index (κ1) is 15.4. The van der Waals surface area contributed by atoms with Gasteiger partial charge in [-0.15, -0.1) is 6.58 Å². The summed E-state index contributed by atoms with van der Waals surface area (Å²) >= 11 is 0. The normalized spacial score (nSPS) is 11.8. The van der Waals surface area contributed by atoms with Gasteiger partial charge in [-0.1, -0.05) is 36.5 Å². The van der Waals surface area contributed by atoms with Crippen molar-refractivity contribution in [2.45, 2.75) is 38.5 Å². The predicted octanol–water partition coefficient (Wildman–Crippen LogP) is 4.27. The Hall–Kier alpha value is -1.57. The number of hydrogen-bond donors (Lipinski definition) is 1. The molecule has 0 aliphatic rings. The first-order valence-electron chi connectivity index (χ1n) is 6.07. The maximum atomic E-state index is 10.2. The lowest BCUT2D eigenvalue weighted by Gasteiger charge is -1.89. The van der Waals surface area contributed by atoms with Gasteiger partial charge in [0, 0.05) is 6.08 Å². The second-order valence-electron chi connectivity index (χ2n) is 3.70. The van der Waals surface area contributed by atoms with Gasteiger partial charge in [-0.3, -0.25) is 0 Å². The molecule has 0 atom stereocenters. The van der Waals surface area contributed by atoms with Crippen LogP contribution in [-0.2, 0) is 4.79 Å². The molecule has 0 radical (unpaired) electrons. The molecule has 0 fully saturated rings. The number of hydrogen-bond acceptors (Lipinski definition) is 1. The quantitative estimate of drug-likeness (QED) is 0.348. The zero-order valence-corrected chi connectivity index (χ0v) is 10.3. The molecular formula is C15H22O2. The van der Waals surface area contributed by atoms with Crippen molar-refractivity contribution in [3.05, 3.63) is 49.1 Å². The van der Waals surface area contributed by atoms with Gasteiger partial charge < -0.3 is 5.11 Å². The predicted molar refractivity (Wildman–Crippen MR) is 73.0 cm³/mol. The zero-order valence-electron chi connectivity index (χ0n) is 10.3. The molecule has 0 amide bonds. The molecule has 0 saturated carbocycles. The van der Waals surface area contributed by atoms with Crippen LogP contribution < -0.4 is 0 Å². The Kier molecular flexibility index (Phi) is 11.3. The minimum atomic E-state index is -0.876. The topological polar surface area (TPSA) is 37.3 Å². The van der Waals surface area contributed by atoms with Crippen molar-refractivity contribution >= 4 is 5.97 Å². The SMILES string of the molecule is C=CCC/C=C/CC/C=C/CC/C=C/C(=O)O. The Labute approximate surface area is 104 Å². The van der Waals surface area contributed by atoms with E-state index in [1.807, 2.05) is 6.08 Å². The summed E-state index contributed by atoms with van der Waals surface area (Å²) in [5.41, 5.74) is 0. The number of unbranched alkanes of at least 4 members (excludes halogenated alkanes) is 3. The molecule has 0 bridgehead atoms. The summed E-state index contributed by atoms with van der Waals surface area (Å²) in [4.78, 5) is 10.2. The van der Waals surface area contributed by atoms with Crippen molar-refractivity contribution in [3.8, 4) is 0 Å². The fourth-order valence-corrected chi connectivity index (χ4v) is 1.25. The van der Waals surface area contributed by atoms with Gasteiger partial charge in [0.1, 0.15) is 0 Å². The summed E-state index contributed by atoms with van der Waals surface area (Å²) in [5.74, 6) is -0.876. The fraction of sp³-hybridized carbons (Fsp3) is 0.400. The Morgan fingerprint density at radius 1 is 0.824 bits per heavy atom. The van der Waals surface area contributed by atoms with Gasteiger partial charge in [0.2, 0.25) is 0 Å². The van der Waals surface area contributed by atoms with E-state index in [0.29, 0.717) is 0 Å². The lowest BCUT2D eigenvalue weighted by atomic mass is 10.2. The Balaban J connectivity index is 3.33. The van der Waals surface area contributed by atoms with E-state index >= 15 is 0 Å². The monoisotopic (exact) mass is 234 g/mol. The number of carboxylic acids is 1. The summed E-state index contributed by atoms with van der Waals surface area (Å²) < 4.78 is 0. The van der Waals surface area contributed by atoms with E-state index < -0.39 is 5.97 Å². The summed E-state index contributed by atoms with van der Waals surface area (Å²) in [5, 5.41) is 8.36. The molecule has 0 rings (SSSR count). The van der Waals surface area contributed by atoms with Crippen LogP contribution in [0.3, 0.4) is 0 Å². The molecule has 0 spiro atoms. The number of rotatable bonds is 10. The standard InChI is InChI=1S/C15H22O2/c1-2-3-4-5-6-7-8-9-10-11-12-13-14-15(16)17/h2,5-6,9-10,13-14H,1,3-4,7-8,11-12H2,(H,16,17)/b6-5+,10-9+,14-13+. The Morgan fingerprint density at radius 2 is 1.24 bits per heavy atom.